The maximum Gasteiger partial charge on any atom is 0.257 e. The van der Waals surface area contributed by atoms with Gasteiger partial charge in [0, 0.05) is 87.2 Å². The van der Waals surface area contributed by atoms with E-state index in [9.17, 15) is 9.18 Å². The van der Waals surface area contributed by atoms with Gasteiger partial charge in [-0.3, -0.25) is 14.7 Å². The molecule has 4 aliphatic rings. The molecule has 3 aliphatic heterocycles. The van der Waals surface area contributed by atoms with Gasteiger partial charge in [-0.1, -0.05) is 0 Å². The molecular weight excluding hydrogens is 613 g/mol. The Labute approximate surface area is 281 Å². The molecule has 5 heterocycles. The first-order valence-electron chi connectivity index (χ1n) is 17.2. The minimum absolute atomic E-state index is 0.0383. The maximum atomic E-state index is 14.3. The number of halogens is 1. The first kappa shape index (κ1) is 32.7. The fraction of sp³-hybridized carbons (Fsp3) is 0.556. The standard InChI is InChI=1S/C36H46FN7O4/c1-5-44(23(2)3)35(45)28-12-25(37)6-7-31(28)48-33-16-38-22-41-34(33)43-20-36(21-43)13-26(14-36)47-32-8-10-39-30-9-11-42(18-29(30)32)17-27-15-40-24(4)19-46-27/h6-8,10,12,16,22-24,26-27,40H,5,9,11,13-15,17-21H2,1-4H3/t24-,27+/m1/s1. The summed E-state index contributed by atoms with van der Waals surface area (Å²) in [5, 5.41) is 3.52. The lowest BCUT2D eigenvalue weighted by Crippen LogP contribution is -2.65. The number of amides is 1. The van der Waals surface area contributed by atoms with E-state index in [0.717, 1.165) is 76.6 Å². The Hall–Kier alpha value is -3.87. The van der Waals surface area contributed by atoms with Crippen LogP contribution in [0.15, 0.2) is 43.0 Å². The van der Waals surface area contributed by atoms with Gasteiger partial charge in [-0.05, 0) is 64.8 Å². The van der Waals surface area contributed by atoms with Crippen molar-refractivity contribution in [2.45, 2.75) is 77.8 Å². The number of fused-ring (bicyclic) bond motifs is 1. The third-order valence-corrected chi connectivity index (χ3v) is 10.1. The minimum atomic E-state index is -0.493. The molecule has 0 unspecified atom stereocenters. The van der Waals surface area contributed by atoms with E-state index in [1.54, 1.807) is 11.1 Å². The molecule has 2 aromatic heterocycles. The summed E-state index contributed by atoms with van der Waals surface area (Å²) < 4.78 is 33.2. The molecule has 2 atom stereocenters. The first-order chi connectivity index (χ1) is 23.2. The van der Waals surface area contributed by atoms with Crippen LogP contribution in [0.4, 0.5) is 10.2 Å². The van der Waals surface area contributed by atoms with E-state index in [2.05, 4.69) is 37.0 Å². The Morgan fingerprint density at radius 1 is 1.19 bits per heavy atom. The quantitative estimate of drug-likeness (QED) is 0.336. The average Bonchev–Trinajstić information content (AvgIpc) is 3.04. The molecular formula is C36H46FN7O4. The van der Waals surface area contributed by atoms with Crippen LogP contribution in [0.3, 0.4) is 0 Å². The summed E-state index contributed by atoms with van der Waals surface area (Å²) in [6.45, 7) is 14.4. The van der Waals surface area contributed by atoms with Gasteiger partial charge >= 0.3 is 0 Å². The van der Waals surface area contributed by atoms with Crippen molar-refractivity contribution in [1.82, 2.24) is 30.1 Å². The highest BCUT2D eigenvalue weighted by atomic mass is 19.1. The molecule has 12 heteroatoms. The van der Waals surface area contributed by atoms with Crippen molar-refractivity contribution in [3.8, 4) is 17.2 Å². The third-order valence-electron chi connectivity index (χ3n) is 10.1. The summed E-state index contributed by atoms with van der Waals surface area (Å²) in [6.07, 6.45) is 8.17. The van der Waals surface area contributed by atoms with Gasteiger partial charge in [0.2, 0.25) is 0 Å². The summed E-state index contributed by atoms with van der Waals surface area (Å²) in [6, 6.07) is 6.42. The second kappa shape index (κ2) is 13.6. The number of ether oxygens (including phenoxy) is 3. The molecule has 1 aromatic carbocycles. The van der Waals surface area contributed by atoms with Gasteiger partial charge < -0.3 is 29.3 Å². The van der Waals surface area contributed by atoms with Crippen LogP contribution in [-0.4, -0.2) is 101 Å². The molecule has 3 aromatic rings. The van der Waals surface area contributed by atoms with Crippen molar-refractivity contribution < 1.29 is 23.4 Å². The lowest BCUT2D eigenvalue weighted by atomic mass is 9.61. The van der Waals surface area contributed by atoms with E-state index >= 15 is 0 Å². The highest BCUT2D eigenvalue weighted by Gasteiger charge is 2.54. The van der Waals surface area contributed by atoms with Gasteiger partial charge in [0.25, 0.3) is 5.91 Å². The van der Waals surface area contributed by atoms with Crippen LogP contribution < -0.4 is 19.7 Å². The summed E-state index contributed by atoms with van der Waals surface area (Å²) in [5.74, 6) is 1.55. The zero-order valence-corrected chi connectivity index (χ0v) is 28.3. The smallest absolute Gasteiger partial charge is 0.257 e. The van der Waals surface area contributed by atoms with E-state index in [-0.39, 0.29) is 40.9 Å². The normalized spacial score (nSPS) is 22.2. The summed E-state index contributed by atoms with van der Waals surface area (Å²) in [5.41, 5.74) is 2.67. The van der Waals surface area contributed by atoms with Gasteiger partial charge in [-0.2, -0.15) is 0 Å². The van der Waals surface area contributed by atoms with Crippen molar-refractivity contribution in [2.75, 3.05) is 50.8 Å². The summed E-state index contributed by atoms with van der Waals surface area (Å²) >= 11 is 0. The van der Waals surface area contributed by atoms with E-state index in [1.165, 1.54) is 30.1 Å². The fourth-order valence-corrected chi connectivity index (χ4v) is 7.60. The molecule has 3 fully saturated rings. The van der Waals surface area contributed by atoms with Gasteiger partial charge in [0.05, 0.1) is 24.5 Å². The molecule has 1 N–H and O–H groups in total. The van der Waals surface area contributed by atoms with E-state index in [0.29, 0.717) is 24.2 Å². The Bertz CT molecular complexity index is 1620. The highest BCUT2D eigenvalue weighted by Crippen LogP contribution is 2.52. The SMILES string of the molecule is CCN(C(=O)c1cc(F)ccc1Oc1cncnc1N1CC2(CC(Oc3ccnc4c3CN(C[C@@H]3CN[C@H](C)CO3)CC4)C2)C1)C(C)C. The van der Waals surface area contributed by atoms with Crippen LogP contribution in [0.2, 0.25) is 0 Å². The van der Waals surface area contributed by atoms with Crippen LogP contribution in [0.1, 0.15) is 62.2 Å². The zero-order valence-electron chi connectivity index (χ0n) is 28.3. The number of pyridine rings is 1. The summed E-state index contributed by atoms with van der Waals surface area (Å²) in [7, 11) is 0. The number of carbonyl (C=O) groups is 1. The molecule has 11 nitrogen and oxygen atoms in total. The van der Waals surface area contributed by atoms with Crippen molar-refractivity contribution in [3.05, 3.63) is 65.6 Å². The molecule has 1 amide bonds. The second-order valence-electron chi connectivity index (χ2n) is 14.1. The largest absolute Gasteiger partial charge is 0.490 e. The van der Waals surface area contributed by atoms with Crippen LogP contribution in [0.5, 0.6) is 17.2 Å². The molecule has 0 bridgehead atoms. The van der Waals surface area contributed by atoms with Gasteiger partial charge in [-0.15, -0.1) is 0 Å². The number of nitrogens with one attached hydrogen (secondary N) is 1. The second-order valence-corrected chi connectivity index (χ2v) is 14.1. The fourth-order valence-electron chi connectivity index (χ4n) is 7.60. The van der Waals surface area contributed by atoms with Gasteiger partial charge in [-0.25, -0.2) is 14.4 Å². The summed E-state index contributed by atoms with van der Waals surface area (Å²) in [4.78, 5) is 33.1. The average molecular weight is 660 g/mol. The van der Waals surface area contributed by atoms with Gasteiger partial charge in [0.15, 0.2) is 11.6 Å². The molecule has 2 saturated heterocycles. The Kier molecular flexibility index (Phi) is 9.23. The number of carbonyl (C=O) groups excluding carboxylic acids is 1. The lowest BCUT2D eigenvalue weighted by molar-refractivity contribution is -0.0359. The number of morpholine rings is 1. The highest BCUT2D eigenvalue weighted by molar-refractivity contribution is 5.97. The number of benzene rings is 1. The molecule has 1 saturated carbocycles. The molecule has 48 heavy (non-hydrogen) atoms. The van der Waals surface area contributed by atoms with Gasteiger partial charge in [0.1, 0.15) is 29.7 Å². The molecule has 7 rings (SSSR count). The Balaban J connectivity index is 0.970. The minimum Gasteiger partial charge on any atom is -0.490 e. The Morgan fingerprint density at radius 2 is 2.02 bits per heavy atom. The number of rotatable bonds is 10. The number of anilines is 1. The third kappa shape index (κ3) is 6.70. The number of nitrogens with zero attached hydrogens (tertiary/aromatic N) is 6. The maximum absolute atomic E-state index is 14.3. The zero-order chi connectivity index (χ0) is 33.4. The Morgan fingerprint density at radius 3 is 2.77 bits per heavy atom. The monoisotopic (exact) mass is 659 g/mol. The van der Waals surface area contributed by atoms with Crippen LogP contribution in [0.25, 0.3) is 0 Å². The van der Waals surface area contributed by atoms with Crippen LogP contribution in [0, 0.1) is 11.2 Å². The van der Waals surface area contributed by atoms with Crippen LogP contribution in [-0.2, 0) is 17.7 Å². The number of hydrogen-bond donors (Lipinski definition) is 1. The predicted molar refractivity (Wildman–Crippen MR) is 179 cm³/mol. The van der Waals surface area contributed by atoms with Crippen molar-refractivity contribution in [1.29, 1.82) is 0 Å². The topological polar surface area (TPSA) is 105 Å². The molecule has 1 aliphatic carbocycles. The van der Waals surface area contributed by atoms with Crippen molar-refractivity contribution in [3.63, 3.8) is 0 Å². The van der Waals surface area contributed by atoms with E-state index in [4.69, 9.17) is 14.2 Å². The molecule has 1 spiro atoms. The first-order valence-corrected chi connectivity index (χ1v) is 17.2. The van der Waals surface area contributed by atoms with Crippen molar-refractivity contribution >= 4 is 11.7 Å². The van der Waals surface area contributed by atoms with Crippen LogP contribution >= 0.6 is 0 Å². The molecule has 256 valence electrons. The van der Waals surface area contributed by atoms with E-state index in [1.807, 2.05) is 33.0 Å². The van der Waals surface area contributed by atoms with Crippen molar-refractivity contribution in [2.24, 2.45) is 5.41 Å². The van der Waals surface area contributed by atoms with E-state index < -0.39 is 5.82 Å². The molecule has 0 radical (unpaired) electrons. The lowest BCUT2D eigenvalue weighted by Gasteiger charge is -2.59. The number of aromatic nitrogens is 3. The predicted octanol–water partition coefficient (Wildman–Crippen LogP) is 4.46. The number of hydrogen-bond acceptors (Lipinski definition) is 10.